The summed E-state index contributed by atoms with van der Waals surface area (Å²) in [6.45, 7) is 2.53. The lowest BCUT2D eigenvalue weighted by atomic mass is 10.1. The maximum Gasteiger partial charge on any atom is 0.335 e. The van der Waals surface area contributed by atoms with Gasteiger partial charge in [-0.25, -0.2) is 4.79 Å². The standard InChI is InChI=1S/C15H15NO5/c1-2-21-14-11(12(17)13(14)18)16-8-7-9-3-5-10(6-4-9)15(19)20/h3-6,16H,2,7-8H2,1H3,(H,19,20). The number of aromatic carboxylic acids is 1. The number of rotatable bonds is 7. The molecule has 0 heterocycles. The fourth-order valence-corrected chi connectivity index (χ4v) is 1.96. The predicted molar refractivity (Wildman–Crippen MR) is 78.1 cm³/mol. The maximum atomic E-state index is 11.4. The third-order valence-corrected chi connectivity index (χ3v) is 3.07. The number of nitrogens with one attached hydrogen (secondary N) is 1. The summed E-state index contributed by atoms with van der Waals surface area (Å²) in [6.07, 6.45) is 0.601. The molecule has 0 aliphatic carbocycles. The third kappa shape index (κ3) is 3.10. The lowest BCUT2D eigenvalue weighted by Gasteiger charge is -2.13. The van der Waals surface area contributed by atoms with Gasteiger partial charge in [-0.3, -0.25) is 9.59 Å². The van der Waals surface area contributed by atoms with Crippen molar-refractivity contribution < 1.29 is 14.6 Å². The number of ether oxygens (including phenoxy) is 1. The number of carboxylic acids is 1. The first-order valence-electron chi connectivity index (χ1n) is 6.56. The fourth-order valence-electron chi connectivity index (χ4n) is 1.96. The normalized spacial score (nSPS) is 10.5. The van der Waals surface area contributed by atoms with E-state index in [2.05, 4.69) is 5.32 Å². The number of carbonyl (C=O) groups is 1. The summed E-state index contributed by atoms with van der Waals surface area (Å²) in [5.74, 6) is -0.867. The number of hydrogen-bond acceptors (Lipinski definition) is 5. The van der Waals surface area contributed by atoms with Gasteiger partial charge in [0.05, 0.1) is 12.2 Å². The Bertz CT molecular complexity index is 711. The number of benzene rings is 1. The predicted octanol–water partition coefficient (Wildman–Crippen LogP) is 1.03. The van der Waals surface area contributed by atoms with Crippen LogP contribution in [-0.2, 0) is 6.42 Å². The Morgan fingerprint density at radius 3 is 2.43 bits per heavy atom. The Kier molecular flexibility index (Phi) is 4.37. The molecule has 2 aromatic carbocycles. The zero-order valence-electron chi connectivity index (χ0n) is 11.5. The molecule has 21 heavy (non-hydrogen) atoms. The van der Waals surface area contributed by atoms with E-state index in [9.17, 15) is 14.4 Å². The van der Waals surface area contributed by atoms with Crippen molar-refractivity contribution in [3.63, 3.8) is 0 Å². The van der Waals surface area contributed by atoms with E-state index in [-0.39, 0.29) is 17.0 Å². The van der Waals surface area contributed by atoms with Crippen LogP contribution in [0.15, 0.2) is 33.9 Å². The molecule has 0 unspecified atom stereocenters. The van der Waals surface area contributed by atoms with Crippen molar-refractivity contribution in [3.8, 4) is 5.75 Å². The van der Waals surface area contributed by atoms with Gasteiger partial charge >= 0.3 is 5.97 Å². The lowest BCUT2D eigenvalue weighted by Crippen LogP contribution is -2.36. The zero-order valence-corrected chi connectivity index (χ0v) is 11.5. The summed E-state index contributed by atoms with van der Waals surface area (Å²) < 4.78 is 5.10. The monoisotopic (exact) mass is 289 g/mol. The second-order valence-corrected chi connectivity index (χ2v) is 4.47. The van der Waals surface area contributed by atoms with Crippen LogP contribution in [0.2, 0.25) is 0 Å². The summed E-state index contributed by atoms with van der Waals surface area (Å²) in [4.78, 5) is 33.4. The minimum absolute atomic E-state index is 0.101. The molecule has 2 N–H and O–H groups in total. The van der Waals surface area contributed by atoms with Gasteiger partial charge in [0.1, 0.15) is 5.69 Å². The average Bonchev–Trinajstić information content (AvgIpc) is 2.50. The minimum Gasteiger partial charge on any atom is -0.488 e. The van der Waals surface area contributed by atoms with Crippen LogP contribution in [0.25, 0.3) is 0 Å². The van der Waals surface area contributed by atoms with Gasteiger partial charge < -0.3 is 15.2 Å². The summed E-state index contributed by atoms with van der Waals surface area (Å²) in [7, 11) is 0. The Morgan fingerprint density at radius 1 is 1.19 bits per heavy atom. The number of hydrogen-bond donors (Lipinski definition) is 2. The number of carboxylic acid groups (broad SMARTS) is 1. The minimum atomic E-state index is -0.968. The van der Waals surface area contributed by atoms with Crippen LogP contribution in [0.1, 0.15) is 22.8 Å². The average molecular weight is 289 g/mol. The molecule has 2 rings (SSSR count). The van der Waals surface area contributed by atoms with Gasteiger partial charge in [0, 0.05) is 6.54 Å². The Labute approximate surface area is 120 Å². The van der Waals surface area contributed by atoms with Gasteiger partial charge in [0.2, 0.25) is 0 Å². The highest BCUT2D eigenvalue weighted by Crippen LogP contribution is 2.17. The molecule has 6 heteroatoms. The van der Waals surface area contributed by atoms with E-state index in [1.54, 1.807) is 19.1 Å². The van der Waals surface area contributed by atoms with Crippen LogP contribution < -0.4 is 20.9 Å². The molecule has 110 valence electrons. The van der Waals surface area contributed by atoms with Crippen molar-refractivity contribution in [2.45, 2.75) is 13.3 Å². The quantitative estimate of drug-likeness (QED) is 0.740. The van der Waals surface area contributed by atoms with Crippen molar-refractivity contribution >= 4 is 11.7 Å². The van der Waals surface area contributed by atoms with Crippen molar-refractivity contribution in [1.82, 2.24) is 0 Å². The van der Waals surface area contributed by atoms with Crippen LogP contribution in [0.5, 0.6) is 5.75 Å². The van der Waals surface area contributed by atoms with E-state index in [0.29, 0.717) is 19.6 Å². The molecule has 0 spiro atoms. The van der Waals surface area contributed by atoms with Crippen molar-refractivity contribution in [3.05, 3.63) is 55.8 Å². The van der Waals surface area contributed by atoms with Crippen molar-refractivity contribution in [2.24, 2.45) is 0 Å². The van der Waals surface area contributed by atoms with Gasteiger partial charge in [-0.15, -0.1) is 0 Å². The molecule has 2 aromatic rings. The van der Waals surface area contributed by atoms with Gasteiger partial charge in [-0.05, 0) is 31.0 Å². The molecule has 0 saturated heterocycles. The summed E-state index contributed by atoms with van der Waals surface area (Å²) in [5.41, 5.74) is 0.241. The summed E-state index contributed by atoms with van der Waals surface area (Å²) in [6, 6.07) is 6.49. The third-order valence-electron chi connectivity index (χ3n) is 3.07. The van der Waals surface area contributed by atoms with E-state index in [4.69, 9.17) is 9.84 Å². The van der Waals surface area contributed by atoms with Gasteiger partial charge in [0.25, 0.3) is 10.9 Å². The number of anilines is 1. The van der Waals surface area contributed by atoms with E-state index < -0.39 is 16.8 Å². The van der Waals surface area contributed by atoms with Gasteiger partial charge in [0.15, 0.2) is 5.75 Å². The Hall–Kier alpha value is -2.63. The molecular weight excluding hydrogens is 274 g/mol. The molecular formula is C15H15NO5. The highest BCUT2D eigenvalue weighted by molar-refractivity contribution is 5.87. The van der Waals surface area contributed by atoms with Crippen LogP contribution in [-0.4, -0.2) is 24.2 Å². The molecule has 0 saturated carbocycles. The van der Waals surface area contributed by atoms with Gasteiger partial charge in [-0.2, -0.15) is 0 Å². The zero-order chi connectivity index (χ0) is 15.4. The molecule has 6 nitrogen and oxygen atoms in total. The highest BCUT2D eigenvalue weighted by Gasteiger charge is 2.21. The Morgan fingerprint density at radius 2 is 1.86 bits per heavy atom. The van der Waals surface area contributed by atoms with Crippen molar-refractivity contribution in [1.29, 1.82) is 0 Å². The summed E-state index contributed by atoms with van der Waals surface area (Å²) in [5, 5.41) is 11.7. The topological polar surface area (TPSA) is 92.7 Å². The molecule has 0 radical (unpaired) electrons. The van der Waals surface area contributed by atoms with Crippen LogP contribution in [0, 0.1) is 0 Å². The molecule has 0 fully saturated rings. The molecule has 0 aliphatic heterocycles. The SMILES string of the molecule is CCOc1c(NCCc2ccc(C(=O)O)cc2)c(=O)c1=O. The second kappa shape index (κ2) is 6.21. The van der Waals surface area contributed by atoms with E-state index in [0.717, 1.165) is 5.56 Å². The first-order valence-corrected chi connectivity index (χ1v) is 6.56. The molecule has 0 amide bonds. The molecule has 0 bridgehead atoms. The molecule has 0 aliphatic rings. The smallest absolute Gasteiger partial charge is 0.335 e. The highest BCUT2D eigenvalue weighted by atomic mass is 16.5. The Balaban J connectivity index is 1.93. The maximum absolute atomic E-state index is 11.4. The van der Waals surface area contributed by atoms with Crippen LogP contribution in [0.4, 0.5) is 5.69 Å². The first kappa shape index (κ1) is 14.8. The van der Waals surface area contributed by atoms with E-state index in [1.165, 1.54) is 12.1 Å². The molecule has 0 atom stereocenters. The van der Waals surface area contributed by atoms with Gasteiger partial charge in [-0.1, -0.05) is 12.1 Å². The summed E-state index contributed by atoms with van der Waals surface area (Å²) >= 11 is 0. The largest absolute Gasteiger partial charge is 0.488 e. The van der Waals surface area contributed by atoms with E-state index in [1.807, 2.05) is 0 Å². The van der Waals surface area contributed by atoms with Crippen LogP contribution >= 0.6 is 0 Å². The van der Waals surface area contributed by atoms with Crippen LogP contribution in [0.3, 0.4) is 0 Å². The van der Waals surface area contributed by atoms with Crippen molar-refractivity contribution in [2.75, 3.05) is 18.5 Å². The first-order chi connectivity index (χ1) is 10.0. The fraction of sp³-hybridized carbons (Fsp3) is 0.267. The second-order valence-electron chi connectivity index (χ2n) is 4.47. The van der Waals surface area contributed by atoms with E-state index >= 15 is 0 Å². The lowest BCUT2D eigenvalue weighted by molar-refractivity contribution is 0.0697. The molecule has 0 aromatic heterocycles.